The molecule has 3 heterocycles. The lowest BCUT2D eigenvalue weighted by Crippen LogP contribution is -2.56. The van der Waals surface area contributed by atoms with Crippen LogP contribution >= 0.6 is 0 Å². The number of carbonyl (C=O) groups excluding carboxylic acids is 6. The summed E-state index contributed by atoms with van der Waals surface area (Å²) in [6, 6.07) is 30.2. The molecule has 0 aliphatic carbocycles. The number of aromatic nitrogens is 1. The highest BCUT2D eigenvalue weighted by atomic mass is 16.6. The van der Waals surface area contributed by atoms with Crippen molar-refractivity contribution in [2.75, 3.05) is 13.1 Å². The van der Waals surface area contributed by atoms with Gasteiger partial charge in [-0.2, -0.15) is 0 Å². The number of likely N-dealkylation sites (tertiary alicyclic amines) is 2. The van der Waals surface area contributed by atoms with Gasteiger partial charge in [0, 0.05) is 49.2 Å². The number of nitrogens with two attached hydrogens (primary N) is 2. The summed E-state index contributed by atoms with van der Waals surface area (Å²) in [6.07, 6.45) is 4.18. The van der Waals surface area contributed by atoms with E-state index in [1.54, 1.807) is 52.4 Å². The van der Waals surface area contributed by atoms with Crippen molar-refractivity contribution in [1.29, 1.82) is 0 Å². The van der Waals surface area contributed by atoms with Gasteiger partial charge < -0.3 is 35.2 Å². The molecule has 14 heteroatoms. The fraction of sp³-hybridized carbons (Fsp3) is 0.267. The van der Waals surface area contributed by atoms with Gasteiger partial charge in [-0.25, -0.2) is 4.98 Å². The van der Waals surface area contributed by atoms with Crippen LogP contribution in [-0.2, 0) is 49.4 Å². The Hall–Kier alpha value is -7.09. The third-order valence-corrected chi connectivity index (χ3v) is 10.9. The molecule has 2 aliphatic heterocycles. The zero-order valence-corrected chi connectivity index (χ0v) is 32.5. The smallest absolute Gasteiger partial charge is 0.304 e. The Labute approximate surface area is 340 Å². The van der Waals surface area contributed by atoms with Crippen LogP contribution in [0, 0.1) is 0 Å². The average molecular weight is 798 g/mol. The predicted octanol–water partition coefficient (Wildman–Crippen LogP) is 5.22. The van der Waals surface area contributed by atoms with Crippen molar-refractivity contribution >= 4 is 35.6 Å². The lowest BCUT2D eigenvalue weighted by atomic mass is 9.90. The van der Waals surface area contributed by atoms with Crippen molar-refractivity contribution in [2.45, 2.75) is 62.8 Å². The Morgan fingerprint density at radius 1 is 0.610 bits per heavy atom. The Morgan fingerprint density at radius 2 is 1.02 bits per heavy atom. The highest BCUT2D eigenvalue weighted by Gasteiger charge is 2.55. The van der Waals surface area contributed by atoms with Gasteiger partial charge in [-0.3, -0.25) is 28.8 Å². The maximum absolute atomic E-state index is 14.2. The van der Waals surface area contributed by atoms with Crippen LogP contribution in [0.5, 0.6) is 0 Å². The summed E-state index contributed by atoms with van der Waals surface area (Å²) in [5.41, 5.74) is 10.4. The summed E-state index contributed by atoms with van der Waals surface area (Å²) in [7, 11) is 0. The maximum Gasteiger partial charge on any atom is 0.304 e. The number of rotatable bonds is 12. The molecule has 5 aromatic rings. The molecule has 0 unspecified atom stereocenters. The molecular formula is C45H43N5O9. The number of primary amides is 2. The Balaban J connectivity index is 1.08. The summed E-state index contributed by atoms with van der Waals surface area (Å²) in [4.78, 5) is 86.5. The van der Waals surface area contributed by atoms with Crippen LogP contribution in [0.1, 0.15) is 73.9 Å². The van der Waals surface area contributed by atoms with Crippen molar-refractivity contribution in [2.24, 2.45) is 11.5 Å². The largest absolute Gasteiger partial charge is 0.436 e. The van der Waals surface area contributed by atoms with E-state index >= 15 is 0 Å². The van der Waals surface area contributed by atoms with E-state index in [9.17, 15) is 28.8 Å². The first kappa shape index (κ1) is 40.1. The van der Waals surface area contributed by atoms with Crippen LogP contribution < -0.4 is 11.5 Å². The first-order chi connectivity index (χ1) is 28.4. The minimum Gasteiger partial charge on any atom is -0.436 e. The first-order valence-corrected chi connectivity index (χ1v) is 19.3. The molecule has 4 atom stereocenters. The van der Waals surface area contributed by atoms with Crippen LogP contribution in [0.25, 0.3) is 22.8 Å². The molecule has 0 saturated carbocycles. The fourth-order valence-corrected chi connectivity index (χ4v) is 8.20. The number of oxazole rings is 1. The topological polar surface area (TPSA) is 205 Å². The van der Waals surface area contributed by atoms with Gasteiger partial charge in [0.15, 0.2) is 5.76 Å². The van der Waals surface area contributed by atoms with Crippen molar-refractivity contribution in [3.63, 3.8) is 0 Å². The number of nitrogens with zero attached hydrogens (tertiary/aromatic N) is 3. The Kier molecular flexibility index (Phi) is 11.2. The van der Waals surface area contributed by atoms with Crippen molar-refractivity contribution in [3.8, 4) is 22.8 Å². The molecule has 2 aliphatic rings. The van der Waals surface area contributed by atoms with E-state index in [1.165, 1.54) is 24.3 Å². The van der Waals surface area contributed by atoms with Gasteiger partial charge in [0.05, 0.1) is 18.3 Å². The zero-order chi connectivity index (χ0) is 41.9. The fourth-order valence-electron chi connectivity index (χ4n) is 8.20. The molecular weight excluding hydrogens is 755 g/mol. The maximum atomic E-state index is 14.2. The van der Waals surface area contributed by atoms with E-state index in [4.69, 9.17) is 25.4 Å². The van der Waals surface area contributed by atoms with E-state index in [-0.39, 0.29) is 11.1 Å². The molecule has 2 saturated heterocycles. The summed E-state index contributed by atoms with van der Waals surface area (Å²) in [5, 5.41) is 0. The molecule has 59 heavy (non-hydrogen) atoms. The van der Waals surface area contributed by atoms with Crippen molar-refractivity contribution < 1.29 is 42.7 Å². The van der Waals surface area contributed by atoms with E-state index < -0.39 is 58.9 Å². The van der Waals surface area contributed by atoms with Gasteiger partial charge in [0.2, 0.25) is 5.89 Å². The number of benzene rings is 4. The van der Waals surface area contributed by atoms with Crippen LogP contribution in [0.15, 0.2) is 120 Å². The number of hydrogen-bond donors (Lipinski definition) is 2. The molecule has 0 radical (unpaired) electrons. The standard InChI is InChI=1S/C45H43N5O9/c1-28(51)58-44(40(46)53,34-11-5-3-6-12-34)42(55)49-25-9-15-36(49)30-17-21-32(22-18-30)38-27-48-39(57-38)33-23-19-31(20-24-33)37-16-10-26-50(37)43(56)45(41(47)54,59-29(2)52)35-13-7-4-8-14-35/h3-8,11-14,17-24,27,36-37H,9-10,15-16,25-26H2,1-2H3,(H2,46,53)(H2,47,54)/t36-,37-,44-,45-/m0/s1. The Morgan fingerprint density at radius 3 is 1.41 bits per heavy atom. The molecule has 0 bridgehead atoms. The second-order valence-corrected chi connectivity index (χ2v) is 14.6. The summed E-state index contributed by atoms with van der Waals surface area (Å²) in [6.45, 7) is 2.93. The zero-order valence-electron chi connectivity index (χ0n) is 32.5. The van der Waals surface area contributed by atoms with Gasteiger partial charge in [-0.15, -0.1) is 0 Å². The van der Waals surface area contributed by atoms with Crippen molar-refractivity contribution in [3.05, 3.63) is 138 Å². The van der Waals surface area contributed by atoms with E-state index in [2.05, 4.69) is 4.98 Å². The minimum atomic E-state index is -2.32. The van der Waals surface area contributed by atoms with Gasteiger partial charge in [-0.1, -0.05) is 97.1 Å². The second kappa shape index (κ2) is 16.4. The predicted molar refractivity (Wildman–Crippen MR) is 213 cm³/mol. The molecule has 302 valence electrons. The van der Waals surface area contributed by atoms with Crippen LogP contribution in [-0.4, -0.2) is 63.4 Å². The number of ether oxygens (including phenoxy) is 2. The van der Waals surface area contributed by atoms with E-state index in [0.717, 1.165) is 30.5 Å². The van der Waals surface area contributed by atoms with Crippen LogP contribution in [0.2, 0.25) is 0 Å². The third kappa shape index (κ3) is 7.44. The molecule has 14 nitrogen and oxygen atoms in total. The normalized spacial score (nSPS) is 18.3. The number of hydrogen-bond acceptors (Lipinski definition) is 10. The van der Waals surface area contributed by atoms with E-state index in [1.807, 2.05) is 48.5 Å². The van der Waals surface area contributed by atoms with Crippen LogP contribution in [0.4, 0.5) is 0 Å². The third-order valence-electron chi connectivity index (χ3n) is 10.9. The van der Waals surface area contributed by atoms with Gasteiger partial charge in [-0.05, 0) is 48.9 Å². The van der Waals surface area contributed by atoms with Gasteiger partial charge in [0.25, 0.3) is 34.8 Å². The average Bonchev–Trinajstić information content (AvgIpc) is 4.04. The molecule has 7 rings (SSSR count). The number of carbonyl (C=O) groups is 6. The number of esters is 2. The monoisotopic (exact) mass is 797 g/mol. The lowest BCUT2D eigenvalue weighted by Gasteiger charge is -2.35. The Bertz CT molecular complexity index is 2220. The molecule has 4 aromatic carbocycles. The van der Waals surface area contributed by atoms with E-state index in [0.29, 0.717) is 56.0 Å². The lowest BCUT2D eigenvalue weighted by molar-refractivity contribution is -0.179. The quantitative estimate of drug-likeness (QED) is 0.124. The highest BCUT2D eigenvalue weighted by Crippen LogP contribution is 2.41. The second-order valence-electron chi connectivity index (χ2n) is 14.6. The molecule has 4 amide bonds. The SMILES string of the molecule is CC(=O)O[C@@](C(N)=O)(C(=O)N1CCC[C@H]1c1ccc(-c2cnc(-c3ccc([C@@H]4CCCN4C(=O)[C@@](OC(C)=O)(C(N)=O)c4ccccc4)cc3)o2)cc1)c1ccccc1. The van der Waals surface area contributed by atoms with Crippen molar-refractivity contribution in [1.82, 2.24) is 14.8 Å². The van der Waals surface area contributed by atoms with Gasteiger partial charge in [0.1, 0.15) is 0 Å². The number of amides is 4. The first-order valence-electron chi connectivity index (χ1n) is 19.3. The minimum absolute atomic E-state index is 0.171. The van der Waals surface area contributed by atoms with Gasteiger partial charge >= 0.3 is 11.9 Å². The molecule has 0 spiro atoms. The summed E-state index contributed by atoms with van der Waals surface area (Å²) < 4.78 is 17.1. The molecule has 2 fully saturated rings. The molecule has 4 N–H and O–H groups in total. The summed E-state index contributed by atoms with van der Waals surface area (Å²) in [5.74, 6) is -4.34. The van der Waals surface area contributed by atoms with Crippen LogP contribution in [0.3, 0.4) is 0 Å². The highest BCUT2D eigenvalue weighted by molar-refractivity contribution is 6.11. The molecule has 1 aromatic heterocycles. The summed E-state index contributed by atoms with van der Waals surface area (Å²) >= 11 is 0.